The maximum Gasteiger partial charge on any atom is 0.303 e. The van der Waals surface area contributed by atoms with E-state index in [1.807, 2.05) is 6.92 Å². The van der Waals surface area contributed by atoms with Crippen LogP contribution in [0.25, 0.3) is 0 Å². The predicted octanol–water partition coefficient (Wildman–Crippen LogP) is 3.88. The van der Waals surface area contributed by atoms with Crippen LogP contribution in [0.5, 0.6) is 0 Å². The molecule has 0 saturated heterocycles. The summed E-state index contributed by atoms with van der Waals surface area (Å²) < 4.78 is 0. The highest BCUT2D eigenvalue weighted by atomic mass is 35.5. The third kappa shape index (κ3) is 3.12. The fraction of sp³-hybridized carbons (Fsp3) is 0.895. The molecule has 5 heteroatoms. The number of Topliss-reactive ketones (excluding diaryl/α,β-unsaturated/α-hetero) is 1. The summed E-state index contributed by atoms with van der Waals surface area (Å²) in [6.45, 7) is 7.80. The summed E-state index contributed by atoms with van der Waals surface area (Å²) in [6.07, 6.45) is 3.64. The second-order valence-corrected chi connectivity index (χ2v) is 9.20. The van der Waals surface area contributed by atoms with Gasteiger partial charge in [-0.15, -0.1) is 11.6 Å². The molecule has 6 atom stereocenters. The Morgan fingerprint density at radius 2 is 1.83 bits per heavy atom. The molecule has 2 unspecified atom stereocenters. The number of aliphatic hydroxyl groups excluding tert-OH is 1. The molecule has 2 aliphatic rings. The Bertz CT molecular complexity index is 521. The van der Waals surface area contributed by atoms with Crippen LogP contribution in [0.3, 0.4) is 0 Å². The number of carboxylic acid groups (broad SMARTS) is 1. The fourth-order valence-corrected chi connectivity index (χ4v) is 5.84. The van der Waals surface area contributed by atoms with E-state index in [2.05, 4.69) is 13.8 Å². The second kappa shape index (κ2) is 6.60. The molecule has 2 aliphatic carbocycles. The maximum atomic E-state index is 12.4. The minimum atomic E-state index is -0.830. The SMILES string of the molecule is CC(=O)[C@@]1(C)CCC2C[C@@](C)(C(O)CCl)CC[C@]2(C)[C@H]1CC(=O)O. The number of aliphatic hydroxyl groups is 1. The number of carbonyl (C=O) groups excluding carboxylic acids is 1. The quantitative estimate of drug-likeness (QED) is 0.731. The third-order valence-corrected chi connectivity index (χ3v) is 7.88. The zero-order valence-corrected chi connectivity index (χ0v) is 16.0. The molecule has 0 radical (unpaired) electrons. The molecular formula is C19H31ClO4. The first-order chi connectivity index (χ1) is 11.0. The van der Waals surface area contributed by atoms with E-state index >= 15 is 0 Å². The van der Waals surface area contributed by atoms with Crippen LogP contribution in [-0.2, 0) is 9.59 Å². The van der Waals surface area contributed by atoms with Gasteiger partial charge in [-0.1, -0.05) is 20.8 Å². The molecule has 0 bridgehead atoms. The summed E-state index contributed by atoms with van der Waals surface area (Å²) in [7, 11) is 0. The lowest BCUT2D eigenvalue weighted by molar-refractivity contribution is -0.162. The van der Waals surface area contributed by atoms with Crippen LogP contribution in [-0.4, -0.2) is 33.9 Å². The Balaban J connectivity index is 2.36. The minimum Gasteiger partial charge on any atom is -0.481 e. The number of hydrogen-bond donors (Lipinski definition) is 2. The van der Waals surface area contributed by atoms with Crippen LogP contribution in [0.4, 0.5) is 0 Å². The van der Waals surface area contributed by atoms with Gasteiger partial charge in [0.15, 0.2) is 0 Å². The Morgan fingerprint density at radius 1 is 1.21 bits per heavy atom. The average molecular weight is 359 g/mol. The molecule has 24 heavy (non-hydrogen) atoms. The van der Waals surface area contributed by atoms with Crippen molar-refractivity contribution in [3.8, 4) is 0 Å². The van der Waals surface area contributed by atoms with Gasteiger partial charge in [0.25, 0.3) is 0 Å². The van der Waals surface area contributed by atoms with Crippen molar-refractivity contribution < 1.29 is 19.8 Å². The lowest BCUT2D eigenvalue weighted by Gasteiger charge is -2.60. The molecule has 2 saturated carbocycles. The van der Waals surface area contributed by atoms with Crippen LogP contribution in [0.2, 0.25) is 0 Å². The predicted molar refractivity (Wildman–Crippen MR) is 94.0 cm³/mol. The number of carboxylic acids is 1. The Morgan fingerprint density at radius 3 is 2.33 bits per heavy atom. The van der Waals surface area contributed by atoms with E-state index in [-0.39, 0.29) is 34.8 Å². The third-order valence-electron chi connectivity index (χ3n) is 7.59. The van der Waals surface area contributed by atoms with Gasteiger partial charge in [-0.05, 0) is 61.7 Å². The van der Waals surface area contributed by atoms with Gasteiger partial charge in [0.2, 0.25) is 0 Å². The summed E-state index contributed by atoms with van der Waals surface area (Å²) >= 11 is 5.90. The van der Waals surface area contributed by atoms with Gasteiger partial charge in [-0.3, -0.25) is 9.59 Å². The molecule has 0 heterocycles. The fourth-order valence-electron chi connectivity index (χ4n) is 5.47. The minimum absolute atomic E-state index is 0.0395. The zero-order valence-electron chi connectivity index (χ0n) is 15.3. The number of hydrogen-bond acceptors (Lipinski definition) is 3. The maximum absolute atomic E-state index is 12.4. The van der Waals surface area contributed by atoms with Crippen molar-refractivity contribution in [3.05, 3.63) is 0 Å². The summed E-state index contributed by atoms with van der Waals surface area (Å²) in [4.78, 5) is 23.9. The zero-order chi connectivity index (χ0) is 18.3. The van der Waals surface area contributed by atoms with E-state index in [4.69, 9.17) is 11.6 Å². The first-order valence-electron chi connectivity index (χ1n) is 8.96. The van der Waals surface area contributed by atoms with Gasteiger partial charge in [0.05, 0.1) is 6.10 Å². The molecule has 0 aromatic heterocycles. The molecule has 0 amide bonds. The lowest BCUT2D eigenvalue weighted by atomic mass is 9.44. The van der Waals surface area contributed by atoms with Crippen LogP contribution >= 0.6 is 11.6 Å². The highest BCUT2D eigenvalue weighted by Crippen LogP contribution is 2.64. The van der Waals surface area contributed by atoms with Gasteiger partial charge in [0, 0.05) is 17.7 Å². The monoisotopic (exact) mass is 358 g/mol. The molecule has 0 aromatic carbocycles. The number of ketones is 1. The molecule has 2 rings (SSSR count). The van der Waals surface area contributed by atoms with Crippen molar-refractivity contribution in [2.75, 3.05) is 5.88 Å². The van der Waals surface area contributed by atoms with Gasteiger partial charge >= 0.3 is 5.97 Å². The Labute approximate surface area is 150 Å². The van der Waals surface area contributed by atoms with Crippen molar-refractivity contribution in [2.24, 2.45) is 28.1 Å². The molecular weight excluding hydrogens is 328 g/mol. The Kier molecular flexibility index (Phi) is 5.42. The van der Waals surface area contributed by atoms with Crippen molar-refractivity contribution in [2.45, 2.75) is 72.3 Å². The first-order valence-corrected chi connectivity index (χ1v) is 9.50. The topological polar surface area (TPSA) is 74.6 Å². The van der Waals surface area contributed by atoms with E-state index in [1.54, 1.807) is 6.92 Å². The number of halogens is 1. The molecule has 0 aromatic rings. The summed E-state index contributed by atoms with van der Waals surface area (Å²) in [5.74, 6) is -0.336. The highest BCUT2D eigenvalue weighted by Gasteiger charge is 2.59. The van der Waals surface area contributed by atoms with E-state index in [0.717, 1.165) is 32.1 Å². The Hall–Kier alpha value is -0.610. The summed E-state index contributed by atoms with van der Waals surface area (Å²) in [6, 6.07) is 0. The summed E-state index contributed by atoms with van der Waals surface area (Å²) in [5.41, 5.74) is -0.964. The number of aliphatic carboxylic acids is 1. The van der Waals surface area contributed by atoms with E-state index in [9.17, 15) is 19.8 Å². The van der Waals surface area contributed by atoms with E-state index < -0.39 is 17.5 Å². The van der Waals surface area contributed by atoms with Crippen LogP contribution in [0, 0.1) is 28.1 Å². The lowest BCUT2D eigenvalue weighted by Crippen LogP contribution is -2.56. The molecule has 2 fully saturated rings. The van der Waals surface area contributed by atoms with Gasteiger partial charge < -0.3 is 10.2 Å². The highest BCUT2D eigenvalue weighted by molar-refractivity contribution is 6.18. The number of fused-ring (bicyclic) bond motifs is 1. The van der Waals surface area contributed by atoms with Crippen molar-refractivity contribution >= 4 is 23.4 Å². The molecule has 0 aliphatic heterocycles. The average Bonchev–Trinajstić information content (AvgIpc) is 2.51. The van der Waals surface area contributed by atoms with Gasteiger partial charge in [0.1, 0.15) is 5.78 Å². The standard InChI is InChI=1S/C19H31ClO4/c1-12(21)18(3)6-5-13-10-17(2,15(22)11-20)7-8-19(13,4)14(18)9-16(23)24/h13-15,22H,5-11H2,1-4H3,(H,23,24)/t13?,14-,15?,17-,18+,19-/m0/s1. The van der Waals surface area contributed by atoms with E-state index in [1.165, 1.54) is 0 Å². The molecule has 0 spiro atoms. The normalized spacial score (nSPS) is 43.8. The molecule has 138 valence electrons. The van der Waals surface area contributed by atoms with Crippen LogP contribution < -0.4 is 0 Å². The largest absolute Gasteiger partial charge is 0.481 e. The molecule has 2 N–H and O–H groups in total. The van der Waals surface area contributed by atoms with Gasteiger partial charge in [-0.2, -0.15) is 0 Å². The smallest absolute Gasteiger partial charge is 0.303 e. The number of alkyl halides is 1. The summed E-state index contributed by atoms with van der Waals surface area (Å²) in [5, 5.41) is 19.8. The van der Waals surface area contributed by atoms with Crippen LogP contribution in [0.15, 0.2) is 0 Å². The van der Waals surface area contributed by atoms with Gasteiger partial charge in [-0.25, -0.2) is 0 Å². The second-order valence-electron chi connectivity index (χ2n) is 8.89. The first kappa shape index (κ1) is 19.7. The molecule has 4 nitrogen and oxygen atoms in total. The number of carbonyl (C=O) groups is 2. The van der Waals surface area contributed by atoms with Crippen molar-refractivity contribution in [1.82, 2.24) is 0 Å². The number of rotatable bonds is 5. The van der Waals surface area contributed by atoms with Crippen molar-refractivity contribution in [1.29, 1.82) is 0 Å². The van der Waals surface area contributed by atoms with E-state index in [0.29, 0.717) is 5.92 Å². The van der Waals surface area contributed by atoms with Crippen molar-refractivity contribution in [3.63, 3.8) is 0 Å². The van der Waals surface area contributed by atoms with Crippen LogP contribution in [0.1, 0.15) is 66.2 Å².